The summed E-state index contributed by atoms with van der Waals surface area (Å²) < 4.78 is 6.97. The lowest BCUT2D eigenvalue weighted by Gasteiger charge is -2.13. The molecule has 0 bridgehead atoms. The summed E-state index contributed by atoms with van der Waals surface area (Å²) in [6.07, 6.45) is 1.80. The Balaban J connectivity index is 2.01. The number of nitrogens with zero attached hydrogens (tertiary/aromatic N) is 4. The van der Waals surface area contributed by atoms with Crippen molar-refractivity contribution in [2.75, 3.05) is 7.11 Å². The Labute approximate surface area is 156 Å². The molecule has 0 radical (unpaired) electrons. The van der Waals surface area contributed by atoms with Gasteiger partial charge in [-0.1, -0.05) is 36.0 Å². The highest BCUT2D eigenvalue weighted by Crippen LogP contribution is 2.28. The summed E-state index contributed by atoms with van der Waals surface area (Å²) in [7, 11) is 1.39. The van der Waals surface area contributed by atoms with Crippen LogP contribution in [0.3, 0.4) is 0 Å². The van der Waals surface area contributed by atoms with Crippen LogP contribution in [0, 0.1) is 13.8 Å². The maximum absolute atomic E-state index is 12.4. The molecule has 0 aliphatic rings. The highest BCUT2D eigenvalue weighted by Gasteiger charge is 2.20. The number of para-hydroxylation sites is 1. The van der Waals surface area contributed by atoms with Gasteiger partial charge in [0, 0.05) is 17.7 Å². The average molecular weight is 368 g/mol. The second-order valence-electron chi connectivity index (χ2n) is 5.78. The predicted octanol–water partition coefficient (Wildman–Crippen LogP) is 3.71. The molecular weight excluding hydrogens is 348 g/mol. The highest BCUT2D eigenvalue weighted by atomic mass is 32.2. The van der Waals surface area contributed by atoms with Crippen LogP contribution in [0.25, 0.3) is 10.9 Å². The molecular formula is C19H20N4O2S. The first-order valence-electron chi connectivity index (χ1n) is 8.16. The van der Waals surface area contributed by atoms with Crippen LogP contribution < -0.4 is 0 Å². The Morgan fingerprint density at radius 3 is 2.81 bits per heavy atom. The fourth-order valence-corrected chi connectivity index (χ4v) is 3.79. The van der Waals surface area contributed by atoms with E-state index in [0.29, 0.717) is 23.6 Å². The molecule has 0 N–H and O–H groups in total. The molecule has 0 unspecified atom stereocenters. The van der Waals surface area contributed by atoms with E-state index in [4.69, 9.17) is 9.72 Å². The first-order chi connectivity index (χ1) is 12.6. The van der Waals surface area contributed by atoms with E-state index in [0.717, 1.165) is 27.4 Å². The molecule has 26 heavy (non-hydrogen) atoms. The lowest BCUT2D eigenvalue weighted by molar-refractivity contribution is 0.0598. The number of carbonyl (C=O) groups excluding carboxylic acids is 1. The van der Waals surface area contributed by atoms with Crippen LogP contribution in [0.1, 0.15) is 27.4 Å². The Bertz CT molecular complexity index is 981. The Hall–Kier alpha value is -2.67. The van der Waals surface area contributed by atoms with E-state index >= 15 is 0 Å². The van der Waals surface area contributed by atoms with Gasteiger partial charge >= 0.3 is 5.97 Å². The van der Waals surface area contributed by atoms with Crippen LogP contribution in [0.2, 0.25) is 0 Å². The summed E-state index contributed by atoms with van der Waals surface area (Å²) in [4.78, 5) is 17.1. The summed E-state index contributed by atoms with van der Waals surface area (Å²) in [6, 6.07) is 7.79. The van der Waals surface area contributed by atoms with E-state index in [1.165, 1.54) is 18.9 Å². The number of hydrogen-bond donors (Lipinski definition) is 0. The number of fused-ring (bicyclic) bond motifs is 1. The Kier molecular flexibility index (Phi) is 5.37. The Morgan fingerprint density at radius 1 is 1.31 bits per heavy atom. The van der Waals surface area contributed by atoms with Crippen LogP contribution in [0.5, 0.6) is 0 Å². The number of thioether (sulfide) groups is 1. The van der Waals surface area contributed by atoms with Crippen molar-refractivity contribution in [3.05, 3.63) is 59.6 Å². The molecule has 0 amide bonds. The van der Waals surface area contributed by atoms with Crippen molar-refractivity contribution in [1.82, 2.24) is 19.7 Å². The SMILES string of the molecule is C=CCn1c(C)nnc1SCc1nc2ccccc2c(C)c1C(=O)OC. The van der Waals surface area contributed by atoms with Gasteiger partial charge in [0.2, 0.25) is 0 Å². The number of carbonyl (C=O) groups is 1. The summed E-state index contributed by atoms with van der Waals surface area (Å²) in [5.41, 5.74) is 2.94. The number of methoxy groups -OCH3 is 1. The number of allylic oxidation sites excluding steroid dienone is 1. The number of hydrogen-bond acceptors (Lipinski definition) is 6. The van der Waals surface area contributed by atoms with Crippen molar-refractivity contribution in [1.29, 1.82) is 0 Å². The van der Waals surface area contributed by atoms with E-state index in [2.05, 4.69) is 16.8 Å². The normalized spacial score (nSPS) is 10.9. The lowest BCUT2D eigenvalue weighted by atomic mass is 10.0. The molecule has 3 rings (SSSR count). The van der Waals surface area contributed by atoms with E-state index in [-0.39, 0.29) is 5.97 Å². The van der Waals surface area contributed by atoms with Gasteiger partial charge in [0.25, 0.3) is 0 Å². The van der Waals surface area contributed by atoms with Gasteiger partial charge in [-0.2, -0.15) is 0 Å². The fraction of sp³-hybridized carbons (Fsp3) is 0.263. The summed E-state index contributed by atoms with van der Waals surface area (Å²) in [6.45, 7) is 8.23. The summed E-state index contributed by atoms with van der Waals surface area (Å²) in [5, 5.41) is 10.1. The zero-order valence-electron chi connectivity index (χ0n) is 15.0. The quantitative estimate of drug-likeness (QED) is 0.375. The van der Waals surface area contributed by atoms with E-state index in [1.807, 2.05) is 42.7 Å². The van der Waals surface area contributed by atoms with Crippen LogP contribution in [0.4, 0.5) is 0 Å². The number of esters is 1. The zero-order chi connectivity index (χ0) is 18.7. The minimum absolute atomic E-state index is 0.375. The van der Waals surface area contributed by atoms with Crippen molar-refractivity contribution in [3.8, 4) is 0 Å². The maximum Gasteiger partial charge on any atom is 0.340 e. The standard InChI is InChI=1S/C19H20N4O2S/c1-5-10-23-13(3)21-22-19(23)26-11-16-17(18(24)25-4)12(2)14-8-6-7-9-15(14)20-16/h5-9H,1,10-11H2,2-4H3. The van der Waals surface area contributed by atoms with Gasteiger partial charge in [-0.25, -0.2) is 4.79 Å². The van der Waals surface area contributed by atoms with Crippen molar-refractivity contribution >= 4 is 28.6 Å². The van der Waals surface area contributed by atoms with Gasteiger partial charge in [-0.15, -0.1) is 16.8 Å². The minimum Gasteiger partial charge on any atom is -0.465 e. The summed E-state index contributed by atoms with van der Waals surface area (Å²) >= 11 is 1.49. The molecule has 0 aliphatic carbocycles. The zero-order valence-corrected chi connectivity index (χ0v) is 15.8. The molecule has 7 heteroatoms. The molecule has 2 heterocycles. The van der Waals surface area contributed by atoms with Gasteiger partial charge in [0.1, 0.15) is 5.82 Å². The minimum atomic E-state index is -0.375. The molecule has 3 aromatic rings. The molecule has 0 atom stereocenters. The number of aromatic nitrogens is 4. The van der Waals surface area contributed by atoms with Crippen LogP contribution in [-0.2, 0) is 17.0 Å². The maximum atomic E-state index is 12.4. The summed E-state index contributed by atoms with van der Waals surface area (Å²) in [5.74, 6) is 0.939. The highest BCUT2D eigenvalue weighted by molar-refractivity contribution is 7.98. The topological polar surface area (TPSA) is 69.9 Å². The molecule has 0 spiro atoms. The third-order valence-electron chi connectivity index (χ3n) is 4.17. The number of ether oxygens (including phenoxy) is 1. The van der Waals surface area contributed by atoms with Gasteiger partial charge in [-0.05, 0) is 25.5 Å². The second-order valence-corrected chi connectivity index (χ2v) is 6.73. The van der Waals surface area contributed by atoms with Crippen LogP contribution >= 0.6 is 11.8 Å². The second kappa shape index (κ2) is 7.70. The average Bonchev–Trinajstić information content (AvgIpc) is 3.00. The van der Waals surface area contributed by atoms with Crippen LogP contribution in [0.15, 0.2) is 42.1 Å². The van der Waals surface area contributed by atoms with Crippen molar-refractivity contribution in [2.45, 2.75) is 31.3 Å². The van der Waals surface area contributed by atoms with Crippen molar-refractivity contribution in [3.63, 3.8) is 0 Å². The third-order valence-corrected chi connectivity index (χ3v) is 5.15. The Morgan fingerprint density at radius 2 is 2.08 bits per heavy atom. The number of pyridine rings is 1. The van der Waals surface area contributed by atoms with E-state index in [1.54, 1.807) is 6.08 Å². The number of rotatable bonds is 6. The van der Waals surface area contributed by atoms with Gasteiger partial charge < -0.3 is 9.30 Å². The molecule has 134 valence electrons. The number of aryl methyl sites for hydroxylation is 2. The molecule has 0 aliphatic heterocycles. The first-order valence-corrected chi connectivity index (χ1v) is 9.15. The fourth-order valence-electron chi connectivity index (χ4n) is 2.86. The van der Waals surface area contributed by atoms with Gasteiger partial charge in [0.15, 0.2) is 5.16 Å². The predicted molar refractivity (Wildman–Crippen MR) is 102 cm³/mol. The first kappa shape index (κ1) is 18.1. The molecule has 0 saturated heterocycles. The number of benzene rings is 1. The largest absolute Gasteiger partial charge is 0.465 e. The molecule has 0 fully saturated rings. The molecule has 1 aromatic carbocycles. The molecule has 0 saturated carbocycles. The third kappa shape index (κ3) is 3.35. The van der Waals surface area contributed by atoms with Crippen LogP contribution in [-0.4, -0.2) is 32.8 Å². The van der Waals surface area contributed by atoms with Crippen molar-refractivity contribution in [2.24, 2.45) is 0 Å². The molecule has 6 nitrogen and oxygen atoms in total. The lowest BCUT2D eigenvalue weighted by Crippen LogP contribution is -2.10. The smallest absolute Gasteiger partial charge is 0.340 e. The van der Waals surface area contributed by atoms with Gasteiger partial charge in [-0.3, -0.25) is 4.98 Å². The molecule has 2 aromatic heterocycles. The van der Waals surface area contributed by atoms with Crippen molar-refractivity contribution < 1.29 is 9.53 Å². The van der Waals surface area contributed by atoms with E-state index in [9.17, 15) is 4.79 Å². The van der Waals surface area contributed by atoms with E-state index < -0.39 is 0 Å². The van der Waals surface area contributed by atoms with Gasteiger partial charge in [0.05, 0.1) is 23.9 Å². The monoisotopic (exact) mass is 368 g/mol.